The van der Waals surface area contributed by atoms with Crippen LogP contribution in [0.4, 0.5) is 5.69 Å². The Balaban J connectivity index is 1.54. The van der Waals surface area contributed by atoms with Crippen LogP contribution in [0.15, 0.2) is 47.5 Å². The van der Waals surface area contributed by atoms with Crippen molar-refractivity contribution in [3.63, 3.8) is 0 Å². The number of nitrogens with zero attached hydrogens (tertiary/aromatic N) is 1. The first-order valence-corrected chi connectivity index (χ1v) is 8.30. The Morgan fingerprint density at radius 1 is 1.15 bits per heavy atom. The lowest BCUT2D eigenvalue weighted by atomic mass is 10.3. The highest BCUT2D eigenvalue weighted by Crippen LogP contribution is 2.34. The van der Waals surface area contributed by atoms with E-state index < -0.39 is 0 Å². The van der Waals surface area contributed by atoms with Crippen molar-refractivity contribution in [2.45, 2.75) is 42.4 Å². The van der Waals surface area contributed by atoms with Crippen molar-refractivity contribution in [2.75, 3.05) is 5.32 Å². The van der Waals surface area contributed by atoms with Crippen LogP contribution in [-0.4, -0.2) is 9.82 Å². The van der Waals surface area contributed by atoms with Crippen LogP contribution < -0.4 is 5.32 Å². The highest BCUT2D eigenvalue weighted by Gasteiger charge is 2.15. The molecule has 1 saturated carbocycles. The summed E-state index contributed by atoms with van der Waals surface area (Å²) >= 11 is 2.05. The molecular weight excluding hydrogens is 264 g/mol. The van der Waals surface area contributed by atoms with E-state index >= 15 is 0 Å². The van der Waals surface area contributed by atoms with Crippen LogP contribution in [0, 0.1) is 0 Å². The van der Waals surface area contributed by atoms with Gasteiger partial charge in [0.25, 0.3) is 0 Å². The number of hydrogen-bond donors (Lipinski definition) is 1. The summed E-state index contributed by atoms with van der Waals surface area (Å²) in [6.07, 6.45) is 7.68. The minimum Gasteiger partial charge on any atom is -0.379 e. The third-order valence-electron chi connectivity index (χ3n) is 3.98. The van der Waals surface area contributed by atoms with Crippen molar-refractivity contribution in [2.24, 2.45) is 7.05 Å². The Hall–Kier alpha value is -1.35. The zero-order valence-corrected chi connectivity index (χ0v) is 12.8. The summed E-state index contributed by atoms with van der Waals surface area (Å²) in [4.78, 5) is 1.40. The summed E-state index contributed by atoms with van der Waals surface area (Å²) in [5.41, 5.74) is 2.50. The third kappa shape index (κ3) is 3.40. The summed E-state index contributed by atoms with van der Waals surface area (Å²) in [6, 6.07) is 13.1. The van der Waals surface area contributed by atoms with E-state index in [-0.39, 0.29) is 0 Å². The van der Waals surface area contributed by atoms with Crippen molar-refractivity contribution < 1.29 is 0 Å². The lowest BCUT2D eigenvalue weighted by Crippen LogP contribution is -2.03. The van der Waals surface area contributed by atoms with Crippen LogP contribution in [0.25, 0.3) is 0 Å². The third-order valence-corrected chi connectivity index (χ3v) is 5.33. The van der Waals surface area contributed by atoms with E-state index in [2.05, 4.69) is 59.5 Å². The van der Waals surface area contributed by atoms with Gasteiger partial charge in [0.15, 0.2) is 0 Å². The normalized spacial score (nSPS) is 15.7. The zero-order chi connectivity index (χ0) is 13.8. The van der Waals surface area contributed by atoms with E-state index in [1.165, 1.54) is 42.0 Å². The average molecular weight is 286 g/mol. The molecule has 0 atom stereocenters. The molecule has 1 N–H and O–H groups in total. The summed E-state index contributed by atoms with van der Waals surface area (Å²) in [7, 11) is 2.08. The van der Waals surface area contributed by atoms with Crippen molar-refractivity contribution in [3.8, 4) is 0 Å². The molecule has 0 amide bonds. The summed E-state index contributed by atoms with van der Waals surface area (Å²) in [5, 5.41) is 4.32. The molecule has 106 valence electrons. The van der Waals surface area contributed by atoms with Gasteiger partial charge in [-0.25, -0.2) is 0 Å². The molecule has 0 spiro atoms. The number of hydrogen-bond acceptors (Lipinski definition) is 2. The maximum atomic E-state index is 3.48. The number of benzene rings is 1. The molecular formula is C17H22N2S. The minimum atomic E-state index is 0.845. The molecule has 1 aliphatic rings. The molecule has 1 fully saturated rings. The number of aryl methyl sites for hydroxylation is 1. The molecule has 1 aliphatic carbocycles. The first-order chi connectivity index (χ1) is 9.81. The van der Waals surface area contributed by atoms with Gasteiger partial charge in [-0.05, 0) is 49.2 Å². The quantitative estimate of drug-likeness (QED) is 0.860. The maximum absolute atomic E-state index is 3.48. The second-order valence-electron chi connectivity index (χ2n) is 5.51. The molecule has 0 saturated heterocycles. The van der Waals surface area contributed by atoms with Gasteiger partial charge in [-0.2, -0.15) is 0 Å². The number of thioether (sulfide) groups is 1. The molecule has 0 radical (unpaired) electrons. The molecule has 2 nitrogen and oxygen atoms in total. The van der Waals surface area contributed by atoms with E-state index in [0.717, 1.165) is 11.8 Å². The van der Waals surface area contributed by atoms with Crippen LogP contribution in [-0.2, 0) is 13.6 Å². The number of rotatable bonds is 5. The van der Waals surface area contributed by atoms with Gasteiger partial charge < -0.3 is 9.88 Å². The van der Waals surface area contributed by atoms with E-state index in [4.69, 9.17) is 0 Å². The second kappa shape index (κ2) is 6.40. The monoisotopic (exact) mass is 286 g/mol. The fraction of sp³-hybridized carbons (Fsp3) is 0.412. The van der Waals surface area contributed by atoms with Crippen LogP contribution >= 0.6 is 11.8 Å². The first kappa shape index (κ1) is 13.6. The van der Waals surface area contributed by atoms with Crippen molar-refractivity contribution in [1.29, 1.82) is 0 Å². The second-order valence-corrected chi connectivity index (χ2v) is 6.89. The maximum Gasteiger partial charge on any atom is 0.0553 e. The standard InChI is InChI=1S/C17H22N2S/c1-19-12-4-5-15(19)13-18-14-8-10-17(11-9-14)20-16-6-2-3-7-16/h4-5,8-12,16,18H,2-3,6-7,13H2,1H3. The Morgan fingerprint density at radius 2 is 1.90 bits per heavy atom. The number of anilines is 1. The van der Waals surface area contributed by atoms with Crippen LogP contribution in [0.1, 0.15) is 31.4 Å². The zero-order valence-electron chi connectivity index (χ0n) is 12.0. The van der Waals surface area contributed by atoms with Gasteiger partial charge in [-0.1, -0.05) is 12.8 Å². The molecule has 20 heavy (non-hydrogen) atoms. The van der Waals surface area contributed by atoms with Gasteiger partial charge in [0.05, 0.1) is 6.54 Å². The first-order valence-electron chi connectivity index (χ1n) is 7.42. The topological polar surface area (TPSA) is 17.0 Å². The summed E-state index contributed by atoms with van der Waals surface area (Å²) < 4.78 is 2.15. The molecule has 1 aromatic carbocycles. The van der Waals surface area contributed by atoms with E-state index in [1.807, 2.05) is 11.8 Å². The highest BCUT2D eigenvalue weighted by molar-refractivity contribution is 8.00. The van der Waals surface area contributed by atoms with Crippen LogP contribution in [0.3, 0.4) is 0 Å². The Bertz CT molecular complexity index is 538. The van der Waals surface area contributed by atoms with Gasteiger partial charge in [0, 0.05) is 34.8 Å². The van der Waals surface area contributed by atoms with Gasteiger partial charge in [-0.3, -0.25) is 0 Å². The summed E-state index contributed by atoms with van der Waals surface area (Å²) in [6.45, 7) is 0.874. The summed E-state index contributed by atoms with van der Waals surface area (Å²) in [5.74, 6) is 0. The van der Waals surface area contributed by atoms with Crippen LogP contribution in [0.5, 0.6) is 0 Å². The smallest absolute Gasteiger partial charge is 0.0553 e. The van der Waals surface area contributed by atoms with E-state index in [9.17, 15) is 0 Å². The molecule has 0 unspecified atom stereocenters. The lowest BCUT2D eigenvalue weighted by molar-refractivity contribution is 0.842. The molecule has 0 bridgehead atoms. The van der Waals surface area contributed by atoms with Crippen molar-refractivity contribution in [3.05, 3.63) is 48.3 Å². The molecule has 1 aromatic heterocycles. The fourth-order valence-electron chi connectivity index (χ4n) is 2.72. The van der Waals surface area contributed by atoms with Crippen LogP contribution in [0.2, 0.25) is 0 Å². The predicted molar refractivity (Wildman–Crippen MR) is 87.3 cm³/mol. The number of aromatic nitrogens is 1. The highest BCUT2D eigenvalue weighted by atomic mass is 32.2. The predicted octanol–water partition coefficient (Wildman–Crippen LogP) is 4.67. The molecule has 2 aromatic rings. The largest absolute Gasteiger partial charge is 0.379 e. The Morgan fingerprint density at radius 3 is 2.55 bits per heavy atom. The lowest BCUT2D eigenvalue weighted by Gasteiger charge is -2.11. The van der Waals surface area contributed by atoms with E-state index in [1.54, 1.807) is 0 Å². The van der Waals surface area contributed by atoms with Gasteiger partial charge >= 0.3 is 0 Å². The van der Waals surface area contributed by atoms with Crippen molar-refractivity contribution in [1.82, 2.24) is 4.57 Å². The minimum absolute atomic E-state index is 0.845. The Labute approximate surface area is 125 Å². The molecule has 0 aliphatic heterocycles. The van der Waals surface area contributed by atoms with Gasteiger partial charge in [-0.15, -0.1) is 11.8 Å². The van der Waals surface area contributed by atoms with E-state index in [0.29, 0.717) is 0 Å². The molecule has 1 heterocycles. The van der Waals surface area contributed by atoms with Gasteiger partial charge in [0.1, 0.15) is 0 Å². The van der Waals surface area contributed by atoms with Crippen molar-refractivity contribution >= 4 is 17.4 Å². The van der Waals surface area contributed by atoms with Gasteiger partial charge in [0.2, 0.25) is 0 Å². The number of nitrogens with one attached hydrogen (secondary N) is 1. The Kier molecular flexibility index (Phi) is 4.36. The molecule has 3 rings (SSSR count). The fourth-order valence-corrected chi connectivity index (χ4v) is 3.97. The average Bonchev–Trinajstić information content (AvgIpc) is 3.10. The SMILES string of the molecule is Cn1cccc1CNc1ccc(SC2CCCC2)cc1. The molecule has 3 heteroatoms.